The maximum absolute atomic E-state index is 10.5. The van der Waals surface area contributed by atoms with Crippen LogP contribution in [0.4, 0.5) is 0 Å². The van der Waals surface area contributed by atoms with E-state index in [-0.39, 0.29) is 0 Å². The Kier molecular flexibility index (Phi) is 4.34. The Hall–Kier alpha value is -1.29. The van der Waals surface area contributed by atoms with E-state index in [2.05, 4.69) is 15.9 Å². The number of carbonyl (C=O) groups is 1. The fourth-order valence-corrected chi connectivity index (χ4v) is 4.19. The van der Waals surface area contributed by atoms with Gasteiger partial charge in [-0.25, -0.2) is 4.79 Å². The van der Waals surface area contributed by atoms with E-state index in [1.807, 2.05) is 18.2 Å². The van der Waals surface area contributed by atoms with Gasteiger partial charge in [-0.2, -0.15) is 0 Å². The average molecular weight is 351 g/mol. The third-order valence-corrected chi connectivity index (χ3v) is 5.33. The number of aliphatic carboxylic acids is 1. The van der Waals surface area contributed by atoms with Gasteiger partial charge in [0.05, 0.1) is 11.1 Å². The highest BCUT2D eigenvalue weighted by Gasteiger charge is 2.39. The van der Waals surface area contributed by atoms with Gasteiger partial charge >= 0.3 is 5.97 Å². The zero-order valence-corrected chi connectivity index (χ0v) is 13.4. The molecule has 3 unspecified atom stereocenters. The molecule has 4 heteroatoms. The number of fused-ring (bicyclic) bond motifs is 2. The molecular weight excluding hydrogens is 332 g/mol. The predicted molar refractivity (Wildman–Crippen MR) is 85.2 cm³/mol. The Morgan fingerprint density at radius 2 is 2.24 bits per heavy atom. The van der Waals surface area contributed by atoms with E-state index in [4.69, 9.17) is 9.84 Å². The van der Waals surface area contributed by atoms with Crippen molar-refractivity contribution in [1.82, 2.24) is 0 Å². The lowest BCUT2D eigenvalue weighted by atomic mass is 9.89. The van der Waals surface area contributed by atoms with Gasteiger partial charge < -0.3 is 9.84 Å². The second-order valence-corrected chi connectivity index (χ2v) is 6.96. The molecule has 0 aliphatic heterocycles. The lowest BCUT2D eigenvalue weighted by molar-refractivity contribution is -0.131. The summed E-state index contributed by atoms with van der Waals surface area (Å²) in [6, 6.07) is 5.66. The number of carboxylic acids is 1. The summed E-state index contributed by atoms with van der Waals surface area (Å²) in [5, 5.41) is 8.63. The number of halogens is 1. The predicted octanol–water partition coefficient (Wildman–Crippen LogP) is 4.36. The van der Waals surface area contributed by atoms with Crippen LogP contribution in [0.1, 0.15) is 31.2 Å². The minimum atomic E-state index is -0.942. The zero-order chi connectivity index (χ0) is 14.8. The number of benzene rings is 1. The summed E-state index contributed by atoms with van der Waals surface area (Å²) in [6.07, 6.45) is 8.22. The quantitative estimate of drug-likeness (QED) is 0.802. The van der Waals surface area contributed by atoms with Gasteiger partial charge in [0, 0.05) is 6.08 Å². The summed E-state index contributed by atoms with van der Waals surface area (Å²) in [7, 11) is 0. The first-order valence-electron chi connectivity index (χ1n) is 7.45. The highest BCUT2D eigenvalue weighted by molar-refractivity contribution is 9.10. The van der Waals surface area contributed by atoms with Crippen molar-refractivity contribution in [2.24, 2.45) is 17.8 Å². The first kappa shape index (κ1) is 14.6. The summed E-state index contributed by atoms with van der Waals surface area (Å²) >= 11 is 3.50. The fourth-order valence-electron chi connectivity index (χ4n) is 3.68. The lowest BCUT2D eigenvalue weighted by Crippen LogP contribution is -2.18. The third-order valence-electron chi connectivity index (χ3n) is 4.71. The number of rotatable bonds is 5. The van der Waals surface area contributed by atoms with Crippen LogP contribution in [-0.4, -0.2) is 17.7 Å². The summed E-state index contributed by atoms with van der Waals surface area (Å²) in [6.45, 7) is 0.796. The average Bonchev–Trinajstić information content (AvgIpc) is 3.06. The van der Waals surface area contributed by atoms with Gasteiger partial charge in [-0.1, -0.05) is 12.5 Å². The molecule has 3 nitrogen and oxygen atoms in total. The lowest BCUT2D eigenvalue weighted by Gasteiger charge is -2.22. The molecule has 3 rings (SSSR count). The van der Waals surface area contributed by atoms with Crippen LogP contribution in [0.25, 0.3) is 6.08 Å². The molecule has 0 amide bonds. The summed E-state index contributed by atoms with van der Waals surface area (Å²) < 4.78 is 6.84. The third kappa shape index (κ3) is 3.49. The number of hydrogen-bond donors (Lipinski definition) is 1. The van der Waals surface area contributed by atoms with Crippen molar-refractivity contribution in [3.8, 4) is 5.75 Å². The molecule has 21 heavy (non-hydrogen) atoms. The van der Waals surface area contributed by atoms with E-state index in [1.165, 1.54) is 25.7 Å². The van der Waals surface area contributed by atoms with Crippen LogP contribution >= 0.6 is 15.9 Å². The largest absolute Gasteiger partial charge is 0.492 e. The van der Waals surface area contributed by atoms with E-state index in [0.29, 0.717) is 5.92 Å². The van der Waals surface area contributed by atoms with Crippen LogP contribution in [0.5, 0.6) is 5.75 Å². The molecule has 2 aliphatic carbocycles. The summed E-state index contributed by atoms with van der Waals surface area (Å²) in [5.41, 5.74) is 0.844. The Balaban J connectivity index is 1.59. The van der Waals surface area contributed by atoms with Crippen molar-refractivity contribution >= 4 is 28.0 Å². The van der Waals surface area contributed by atoms with Crippen LogP contribution in [0.3, 0.4) is 0 Å². The number of hydrogen-bond acceptors (Lipinski definition) is 2. The highest BCUT2D eigenvalue weighted by atomic mass is 79.9. The molecule has 3 atom stereocenters. The molecular formula is C17H19BrO3. The molecule has 2 fully saturated rings. The molecule has 2 bridgehead atoms. The fraction of sp³-hybridized carbons (Fsp3) is 0.471. The van der Waals surface area contributed by atoms with E-state index in [1.54, 1.807) is 6.08 Å². The van der Waals surface area contributed by atoms with E-state index in [9.17, 15) is 4.79 Å². The van der Waals surface area contributed by atoms with Crippen molar-refractivity contribution < 1.29 is 14.6 Å². The van der Waals surface area contributed by atoms with Gasteiger partial charge in [-0.15, -0.1) is 0 Å². The van der Waals surface area contributed by atoms with Gasteiger partial charge in [0.1, 0.15) is 5.75 Å². The molecule has 0 radical (unpaired) electrons. The summed E-state index contributed by atoms with van der Waals surface area (Å²) in [4.78, 5) is 10.5. The van der Waals surface area contributed by atoms with Crippen molar-refractivity contribution in [3.05, 3.63) is 34.3 Å². The number of carboxylic acid groups (broad SMARTS) is 1. The standard InChI is InChI=1S/C17H19BrO3/c18-15-9-11(3-6-17(19)20)2-5-16(15)21-10-14-8-12-1-4-13(14)7-12/h2-3,5-6,9,12-14H,1,4,7-8,10H2,(H,19,20). The monoisotopic (exact) mass is 350 g/mol. The Bertz CT molecular complexity index is 567. The molecule has 1 aromatic carbocycles. The molecule has 1 N–H and O–H groups in total. The topological polar surface area (TPSA) is 46.5 Å². The molecule has 2 aliphatic rings. The normalized spacial score (nSPS) is 27.4. The molecule has 0 saturated heterocycles. The summed E-state index contributed by atoms with van der Waals surface area (Å²) in [5.74, 6) is 2.41. The molecule has 0 heterocycles. The first-order valence-corrected chi connectivity index (χ1v) is 8.24. The van der Waals surface area contributed by atoms with Crippen LogP contribution in [0, 0.1) is 17.8 Å². The van der Waals surface area contributed by atoms with Gasteiger partial charge in [0.2, 0.25) is 0 Å². The van der Waals surface area contributed by atoms with Crippen molar-refractivity contribution in [3.63, 3.8) is 0 Å². The second kappa shape index (κ2) is 6.22. The van der Waals surface area contributed by atoms with Crippen LogP contribution < -0.4 is 4.74 Å². The maximum Gasteiger partial charge on any atom is 0.328 e. The second-order valence-electron chi connectivity index (χ2n) is 6.11. The first-order chi connectivity index (χ1) is 10.1. The molecule has 0 aromatic heterocycles. The van der Waals surface area contributed by atoms with Gasteiger partial charge in [-0.05, 0) is 76.7 Å². The van der Waals surface area contributed by atoms with Crippen molar-refractivity contribution in [1.29, 1.82) is 0 Å². The minimum absolute atomic E-state index is 0.710. The van der Waals surface area contributed by atoms with E-state index >= 15 is 0 Å². The maximum atomic E-state index is 10.5. The molecule has 112 valence electrons. The Morgan fingerprint density at radius 1 is 1.38 bits per heavy atom. The molecule has 2 saturated carbocycles. The SMILES string of the molecule is O=C(O)C=Cc1ccc(OCC2CC3CCC2C3)c(Br)c1. The van der Waals surface area contributed by atoms with Crippen LogP contribution in [-0.2, 0) is 4.79 Å². The Morgan fingerprint density at radius 3 is 2.86 bits per heavy atom. The van der Waals surface area contributed by atoms with Gasteiger partial charge in [-0.3, -0.25) is 0 Å². The zero-order valence-electron chi connectivity index (χ0n) is 11.8. The minimum Gasteiger partial charge on any atom is -0.492 e. The van der Waals surface area contributed by atoms with Crippen molar-refractivity contribution in [2.45, 2.75) is 25.7 Å². The smallest absolute Gasteiger partial charge is 0.328 e. The van der Waals surface area contributed by atoms with E-state index < -0.39 is 5.97 Å². The number of ether oxygens (including phenoxy) is 1. The molecule has 0 spiro atoms. The van der Waals surface area contributed by atoms with Crippen LogP contribution in [0.2, 0.25) is 0 Å². The van der Waals surface area contributed by atoms with Gasteiger partial charge in [0.15, 0.2) is 0 Å². The van der Waals surface area contributed by atoms with Gasteiger partial charge in [0.25, 0.3) is 0 Å². The highest BCUT2D eigenvalue weighted by Crippen LogP contribution is 2.48. The van der Waals surface area contributed by atoms with Crippen LogP contribution in [0.15, 0.2) is 28.7 Å². The van der Waals surface area contributed by atoms with E-state index in [0.717, 1.165) is 40.3 Å². The molecule has 1 aromatic rings. The Labute approximate surface area is 133 Å². The van der Waals surface area contributed by atoms with Crippen molar-refractivity contribution in [2.75, 3.05) is 6.61 Å².